The van der Waals surface area contributed by atoms with E-state index in [0.717, 1.165) is 22.0 Å². The molecule has 0 bridgehead atoms. The first-order chi connectivity index (χ1) is 16.7. The van der Waals surface area contributed by atoms with Crippen molar-refractivity contribution < 1.29 is 21.1 Å². The Morgan fingerprint density at radius 2 is 1.14 bits per heavy atom. The van der Waals surface area contributed by atoms with Crippen molar-refractivity contribution in [1.82, 2.24) is 0 Å². The van der Waals surface area contributed by atoms with Gasteiger partial charge in [-0.1, -0.05) is 24.3 Å². The molecule has 0 saturated heterocycles. The van der Waals surface area contributed by atoms with E-state index < -0.39 is 0 Å². The van der Waals surface area contributed by atoms with Crippen LogP contribution in [0.5, 0.6) is 0 Å². The van der Waals surface area contributed by atoms with E-state index in [2.05, 4.69) is 144 Å². The Morgan fingerprint density at radius 3 is 1.74 bits per heavy atom. The molecule has 6 rings (SSSR count). The third kappa shape index (κ3) is 4.55. The minimum absolute atomic E-state index is 0. The van der Waals surface area contributed by atoms with E-state index in [0.29, 0.717) is 0 Å². The number of nitrogens with zero attached hydrogens (tertiary/aromatic N) is 4. The van der Waals surface area contributed by atoms with Crippen LogP contribution in [0.25, 0.3) is 0 Å². The molecule has 0 fully saturated rings. The molecular formula is C29H24N4PtS. The number of para-hydroxylation sites is 4. The standard InChI is InChI=1S/C29H24N4S.Pt/c1-30-20-32(28-15-5-3-13-26(28)30)23-10-7-9-22(17-23)19-34-25-12-8-11-24(18-25)33-21-31(2)27-14-4-6-16-29(27)33;/h3-16,20-21H,19H2,1-2H3;/q-4;+4. The molecule has 0 spiro atoms. The van der Waals surface area contributed by atoms with Gasteiger partial charge in [-0.2, -0.15) is 67.1 Å². The summed E-state index contributed by atoms with van der Waals surface area (Å²) in [5.74, 6) is 0.833. The maximum atomic E-state index is 3.62. The number of fused-ring (bicyclic) bond motifs is 2. The Bertz CT molecular complexity index is 1240. The van der Waals surface area contributed by atoms with E-state index in [4.69, 9.17) is 0 Å². The number of benzene rings is 4. The molecule has 2 aliphatic heterocycles. The molecule has 4 aromatic carbocycles. The van der Waals surface area contributed by atoms with Crippen LogP contribution in [-0.4, -0.2) is 14.1 Å². The molecule has 0 amide bonds. The van der Waals surface area contributed by atoms with E-state index in [-0.39, 0.29) is 21.1 Å². The smallest absolute Gasteiger partial charge is 0.504 e. The van der Waals surface area contributed by atoms with Crippen LogP contribution in [0.15, 0.2) is 89.8 Å². The Balaban J connectivity index is 0.00000253. The number of hydrogen-bond donors (Lipinski definition) is 0. The predicted molar refractivity (Wildman–Crippen MR) is 143 cm³/mol. The minimum atomic E-state index is 0. The molecule has 0 aromatic heterocycles. The van der Waals surface area contributed by atoms with Crippen molar-refractivity contribution in [2.45, 2.75) is 10.6 Å². The number of rotatable bonds is 5. The predicted octanol–water partition coefficient (Wildman–Crippen LogP) is 6.99. The summed E-state index contributed by atoms with van der Waals surface area (Å²) >= 11 is 1.79. The second kappa shape index (κ2) is 10.0. The molecule has 0 saturated carbocycles. The molecule has 0 N–H and O–H groups in total. The quantitative estimate of drug-likeness (QED) is 0.169. The minimum Gasteiger partial charge on any atom is -0.504 e. The van der Waals surface area contributed by atoms with Crippen molar-refractivity contribution in [1.29, 1.82) is 0 Å². The van der Waals surface area contributed by atoms with Gasteiger partial charge in [0.1, 0.15) is 0 Å². The van der Waals surface area contributed by atoms with E-state index in [1.54, 1.807) is 11.8 Å². The summed E-state index contributed by atoms with van der Waals surface area (Å²) in [6.45, 7) is 4.23. The van der Waals surface area contributed by atoms with Crippen molar-refractivity contribution in [3.63, 3.8) is 0 Å². The third-order valence-corrected chi connectivity index (χ3v) is 7.12. The van der Waals surface area contributed by atoms with Gasteiger partial charge in [0.25, 0.3) is 0 Å². The van der Waals surface area contributed by atoms with E-state index in [1.807, 2.05) is 0 Å². The van der Waals surface area contributed by atoms with E-state index >= 15 is 0 Å². The summed E-state index contributed by atoms with van der Waals surface area (Å²) in [4.78, 5) is 9.82. The van der Waals surface area contributed by atoms with Crippen LogP contribution in [0.1, 0.15) is 5.56 Å². The van der Waals surface area contributed by atoms with Crippen LogP contribution in [0.2, 0.25) is 0 Å². The topological polar surface area (TPSA) is 13.0 Å². The van der Waals surface area contributed by atoms with Gasteiger partial charge in [-0.25, -0.2) is 0 Å². The first kappa shape index (κ1) is 23.8. The van der Waals surface area contributed by atoms with Crippen LogP contribution < -0.4 is 19.6 Å². The fraction of sp³-hybridized carbons (Fsp3) is 0.103. The average Bonchev–Trinajstić information content (AvgIpc) is 3.40. The fourth-order valence-corrected chi connectivity index (χ4v) is 5.29. The molecule has 0 aliphatic carbocycles. The number of thioether (sulfide) groups is 1. The molecule has 2 heterocycles. The summed E-state index contributed by atoms with van der Waals surface area (Å²) in [6.07, 6.45) is 0. The second-order valence-electron chi connectivity index (χ2n) is 8.42. The van der Waals surface area contributed by atoms with Gasteiger partial charge in [0, 0.05) is 22.7 Å². The molecule has 0 atom stereocenters. The van der Waals surface area contributed by atoms with Crippen LogP contribution in [0, 0.1) is 25.5 Å². The Morgan fingerprint density at radius 1 is 0.629 bits per heavy atom. The Kier molecular flexibility index (Phi) is 6.81. The number of hydrogen-bond acceptors (Lipinski definition) is 5. The molecule has 4 aromatic rings. The average molecular weight is 656 g/mol. The van der Waals surface area contributed by atoms with Crippen molar-refractivity contribution in [3.05, 3.63) is 116 Å². The summed E-state index contributed by atoms with van der Waals surface area (Å²) in [7, 11) is 4.16. The fourth-order valence-electron chi connectivity index (χ4n) is 4.46. The van der Waals surface area contributed by atoms with Gasteiger partial charge >= 0.3 is 21.1 Å². The van der Waals surface area contributed by atoms with Crippen LogP contribution in [0.3, 0.4) is 0 Å². The molecular weight excluding hydrogens is 631 g/mol. The van der Waals surface area contributed by atoms with Gasteiger partial charge < -0.3 is 19.6 Å². The van der Waals surface area contributed by atoms with Gasteiger partial charge in [-0.05, 0) is 44.1 Å². The van der Waals surface area contributed by atoms with Crippen LogP contribution in [-0.2, 0) is 26.8 Å². The molecule has 0 unspecified atom stereocenters. The third-order valence-electron chi connectivity index (χ3n) is 6.12. The van der Waals surface area contributed by atoms with Crippen molar-refractivity contribution in [2.24, 2.45) is 0 Å². The van der Waals surface area contributed by atoms with Crippen molar-refractivity contribution >= 4 is 45.9 Å². The molecule has 6 heteroatoms. The van der Waals surface area contributed by atoms with Crippen molar-refractivity contribution in [2.75, 3.05) is 33.7 Å². The maximum Gasteiger partial charge on any atom is 4.00 e. The van der Waals surface area contributed by atoms with Gasteiger partial charge in [-0.3, -0.25) is 0 Å². The zero-order valence-electron chi connectivity index (χ0n) is 19.5. The van der Waals surface area contributed by atoms with Crippen LogP contribution in [0.4, 0.5) is 34.1 Å². The first-order valence-electron chi connectivity index (χ1n) is 11.3. The molecule has 35 heavy (non-hydrogen) atoms. The maximum absolute atomic E-state index is 3.62. The summed E-state index contributed by atoms with van der Waals surface area (Å²) in [6, 6.07) is 36.8. The summed E-state index contributed by atoms with van der Waals surface area (Å²) in [5.41, 5.74) is 8.03. The Hall–Kier alpha value is -2.88. The molecule has 4 nitrogen and oxygen atoms in total. The Labute approximate surface area is 226 Å². The van der Waals surface area contributed by atoms with E-state index in [9.17, 15) is 0 Å². The van der Waals surface area contributed by atoms with Crippen molar-refractivity contribution in [3.8, 4) is 0 Å². The van der Waals surface area contributed by atoms with E-state index in [1.165, 1.54) is 28.3 Å². The first-order valence-corrected chi connectivity index (χ1v) is 12.2. The van der Waals surface area contributed by atoms with Gasteiger partial charge in [0.15, 0.2) is 0 Å². The zero-order chi connectivity index (χ0) is 23.1. The molecule has 0 radical (unpaired) electrons. The summed E-state index contributed by atoms with van der Waals surface area (Å²) in [5, 5.41) is 0. The normalized spacial score (nSPS) is 14.1. The largest absolute Gasteiger partial charge is 4.00 e. The van der Waals surface area contributed by atoms with Gasteiger partial charge in [-0.15, -0.1) is 28.4 Å². The second-order valence-corrected chi connectivity index (χ2v) is 9.44. The molecule has 2 aliphatic rings. The zero-order valence-corrected chi connectivity index (χ0v) is 22.5. The van der Waals surface area contributed by atoms with Gasteiger partial charge in [0.05, 0.1) is 0 Å². The van der Waals surface area contributed by atoms with Gasteiger partial charge in [0.2, 0.25) is 0 Å². The number of anilines is 6. The summed E-state index contributed by atoms with van der Waals surface area (Å²) < 4.78 is 0. The van der Waals surface area contributed by atoms with Crippen LogP contribution >= 0.6 is 11.8 Å². The monoisotopic (exact) mass is 655 g/mol. The molecule has 176 valence electrons. The SMILES string of the molecule is CN1[CH-]N(c2[c-]c(CSc3[c-]c(N4[CH-]N(C)c5ccccc54)ccc3)ccc2)c2ccccc21.[Pt+4].